The molecule has 27 heavy (non-hydrogen) atoms. The number of carbonyl (C=O) groups excluding carboxylic acids is 1. The minimum Gasteiger partial charge on any atom is -0.352 e. The van der Waals surface area contributed by atoms with Gasteiger partial charge in [-0.05, 0) is 54.7 Å². The highest BCUT2D eigenvalue weighted by Crippen LogP contribution is 2.27. The van der Waals surface area contributed by atoms with Crippen molar-refractivity contribution in [2.75, 3.05) is 6.54 Å². The molecular formula is C21H21Cl2N3O. The molecule has 1 saturated carbocycles. The van der Waals surface area contributed by atoms with E-state index < -0.39 is 0 Å². The average molecular weight is 402 g/mol. The number of halogens is 2. The van der Waals surface area contributed by atoms with E-state index >= 15 is 0 Å². The summed E-state index contributed by atoms with van der Waals surface area (Å²) in [5.41, 5.74) is 3.14. The molecule has 1 aliphatic rings. The van der Waals surface area contributed by atoms with Crippen molar-refractivity contribution in [3.05, 3.63) is 63.4 Å². The number of aromatic amines is 1. The van der Waals surface area contributed by atoms with Gasteiger partial charge in [0.2, 0.25) is 0 Å². The van der Waals surface area contributed by atoms with Gasteiger partial charge in [0.05, 0.1) is 11.0 Å². The van der Waals surface area contributed by atoms with Crippen LogP contribution in [0.5, 0.6) is 0 Å². The number of amides is 1. The zero-order chi connectivity index (χ0) is 18.8. The zero-order valence-corrected chi connectivity index (χ0v) is 16.4. The fourth-order valence-corrected chi connectivity index (χ4v) is 4.24. The molecule has 6 heteroatoms. The fraction of sp³-hybridized carbons (Fsp3) is 0.333. The summed E-state index contributed by atoms with van der Waals surface area (Å²) in [6.07, 6.45) is 5.50. The lowest BCUT2D eigenvalue weighted by molar-refractivity contribution is 0.0947. The van der Waals surface area contributed by atoms with Crippen LogP contribution in [0.1, 0.15) is 47.4 Å². The molecule has 0 aliphatic heterocycles. The van der Waals surface area contributed by atoms with E-state index in [4.69, 9.17) is 23.2 Å². The number of nitrogens with one attached hydrogen (secondary N) is 2. The highest BCUT2D eigenvalue weighted by Gasteiger charge is 2.17. The maximum absolute atomic E-state index is 12.5. The van der Waals surface area contributed by atoms with Gasteiger partial charge in [-0.25, -0.2) is 4.98 Å². The molecule has 140 valence electrons. The van der Waals surface area contributed by atoms with Gasteiger partial charge in [-0.3, -0.25) is 4.79 Å². The van der Waals surface area contributed by atoms with E-state index in [1.807, 2.05) is 36.4 Å². The van der Waals surface area contributed by atoms with Gasteiger partial charge in [-0.15, -0.1) is 0 Å². The van der Waals surface area contributed by atoms with Gasteiger partial charge in [-0.2, -0.15) is 0 Å². The topological polar surface area (TPSA) is 57.8 Å². The van der Waals surface area contributed by atoms with E-state index in [-0.39, 0.29) is 5.91 Å². The van der Waals surface area contributed by atoms with Crippen LogP contribution in [0.4, 0.5) is 0 Å². The standard InChI is InChI=1S/C21H21Cl2N3O/c22-16-6-3-7-17(23)15(16)11-20-25-18-9-8-14(10-19(18)26-20)21(27)24-12-13-4-1-2-5-13/h3,6-10,13H,1-2,4-5,11-12H2,(H,24,27)(H,25,26). The molecular weight excluding hydrogens is 381 g/mol. The molecule has 4 rings (SSSR count). The van der Waals surface area contributed by atoms with Crippen LogP contribution in [-0.2, 0) is 6.42 Å². The Morgan fingerprint density at radius 1 is 1.15 bits per heavy atom. The second-order valence-corrected chi connectivity index (χ2v) is 7.97. The van der Waals surface area contributed by atoms with Crippen LogP contribution in [0.3, 0.4) is 0 Å². The van der Waals surface area contributed by atoms with Crippen molar-refractivity contribution in [3.63, 3.8) is 0 Å². The van der Waals surface area contributed by atoms with E-state index in [1.165, 1.54) is 25.7 Å². The van der Waals surface area contributed by atoms with Crippen molar-refractivity contribution in [2.24, 2.45) is 5.92 Å². The third kappa shape index (κ3) is 4.12. The maximum Gasteiger partial charge on any atom is 0.251 e. The van der Waals surface area contributed by atoms with Crippen LogP contribution in [0, 0.1) is 5.92 Å². The van der Waals surface area contributed by atoms with Crippen LogP contribution < -0.4 is 5.32 Å². The van der Waals surface area contributed by atoms with Crippen molar-refractivity contribution in [2.45, 2.75) is 32.1 Å². The van der Waals surface area contributed by atoms with Gasteiger partial charge in [0.25, 0.3) is 5.91 Å². The van der Waals surface area contributed by atoms with Crippen molar-refractivity contribution >= 4 is 40.1 Å². The van der Waals surface area contributed by atoms with Gasteiger partial charge < -0.3 is 10.3 Å². The van der Waals surface area contributed by atoms with Crippen LogP contribution >= 0.6 is 23.2 Å². The molecule has 1 fully saturated rings. The third-order valence-electron chi connectivity index (χ3n) is 5.23. The highest BCUT2D eigenvalue weighted by molar-refractivity contribution is 6.36. The molecule has 2 aromatic carbocycles. The fourth-order valence-electron chi connectivity index (χ4n) is 3.71. The Balaban J connectivity index is 1.50. The Bertz CT molecular complexity index is 956. The monoisotopic (exact) mass is 401 g/mol. The summed E-state index contributed by atoms with van der Waals surface area (Å²) in [6, 6.07) is 11.0. The lowest BCUT2D eigenvalue weighted by Crippen LogP contribution is -2.28. The summed E-state index contributed by atoms with van der Waals surface area (Å²) in [7, 11) is 0. The van der Waals surface area contributed by atoms with Gasteiger partial charge >= 0.3 is 0 Å². The normalized spacial score (nSPS) is 14.7. The van der Waals surface area contributed by atoms with E-state index in [1.54, 1.807) is 0 Å². The first kappa shape index (κ1) is 18.3. The smallest absolute Gasteiger partial charge is 0.251 e. The predicted molar refractivity (Wildman–Crippen MR) is 110 cm³/mol. The summed E-state index contributed by atoms with van der Waals surface area (Å²) < 4.78 is 0. The molecule has 3 aromatic rings. The van der Waals surface area contributed by atoms with Crippen molar-refractivity contribution in [3.8, 4) is 0 Å². The maximum atomic E-state index is 12.5. The van der Waals surface area contributed by atoms with Crippen LogP contribution in [0.25, 0.3) is 11.0 Å². The van der Waals surface area contributed by atoms with Crippen molar-refractivity contribution in [1.29, 1.82) is 0 Å². The molecule has 0 spiro atoms. The first-order valence-corrected chi connectivity index (χ1v) is 10.1. The first-order chi connectivity index (χ1) is 13.1. The summed E-state index contributed by atoms with van der Waals surface area (Å²) in [4.78, 5) is 20.3. The van der Waals surface area contributed by atoms with Gasteiger partial charge in [0.15, 0.2) is 0 Å². The lowest BCUT2D eigenvalue weighted by Gasteiger charge is -2.10. The largest absolute Gasteiger partial charge is 0.352 e. The quantitative estimate of drug-likeness (QED) is 0.602. The second-order valence-electron chi connectivity index (χ2n) is 7.15. The molecule has 0 saturated heterocycles. The van der Waals surface area contributed by atoms with E-state index in [2.05, 4.69) is 15.3 Å². The molecule has 0 unspecified atom stereocenters. The number of benzene rings is 2. The number of hydrogen-bond acceptors (Lipinski definition) is 2. The molecule has 1 heterocycles. The molecule has 1 aromatic heterocycles. The number of nitrogens with zero attached hydrogens (tertiary/aromatic N) is 1. The molecule has 0 atom stereocenters. The number of carbonyl (C=O) groups is 1. The number of imidazole rings is 1. The zero-order valence-electron chi connectivity index (χ0n) is 14.9. The Morgan fingerprint density at radius 2 is 1.89 bits per heavy atom. The number of fused-ring (bicyclic) bond motifs is 1. The number of H-pyrrole nitrogens is 1. The van der Waals surface area contributed by atoms with Crippen LogP contribution in [0.15, 0.2) is 36.4 Å². The van der Waals surface area contributed by atoms with Crippen molar-refractivity contribution in [1.82, 2.24) is 15.3 Å². The van der Waals surface area contributed by atoms with Crippen LogP contribution in [-0.4, -0.2) is 22.4 Å². The summed E-state index contributed by atoms with van der Waals surface area (Å²) in [6.45, 7) is 0.760. The van der Waals surface area contributed by atoms with Crippen LogP contribution in [0.2, 0.25) is 10.0 Å². The molecule has 0 radical (unpaired) electrons. The second kappa shape index (κ2) is 7.91. The number of hydrogen-bond donors (Lipinski definition) is 2. The number of rotatable bonds is 5. The molecule has 1 aliphatic carbocycles. The summed E-state index contributed by atoms with van der Waals surface area (Å²) in [5, 5.41) is 4.30. The molecule has 4 nitrogen and oxygen atoms in total. The van der Waals surface area contributed by atoms with E-state index in [0.717, 1.165) is 29.0 Å². The summed E-state index contributed by atoms with van der Waals surface area (Å²) in [5.74, 6) is 1.36. The average Bonchev–Trinajstić information content (AvgIpc) is 3.31. The molecule has 0 bridgehead atoms. The highest BCUT2D eigenvalue weighted by atomic mass is 35.5. The third-order valence-corrected chi connectivity index (χ3v) is 5.93. The molecule has 2 N–H and O–H groups in total. The minimum absolute atomic E-state index is 0.0332. The Hall–Kier alpha value is -2.04. The first-order valence-electron chi connectivity index (χ1n) is 9.30. The minimum atomic E-state index is -0.0332. The van der Waals surface area contributed by atoms with Gasteiger partial charge in [-0.1, -0.05) is 42.1 Å². The van der Waals surface area contributed by atoms with Crippen molar-refractivity contribution < 1.29 is 4.79 Å². The molecule has 1 amide bonds. The number of aromatic nitrogens is 2. The van der Waals surface area contributed by atoms with E-state index in [9.17, 15) is 4.79 Å². The Labute approximate surface area is 168 Å². The predicted octanol–water partition coefficient (Wildman–Crippen LogP) is 5.38. The lowest BCUT2D eigenvalue weighted by atomic mass is 10.1. The SMILES string of the molecule is O=C(NCC1CCCC1)c1ccc2nc(Cc3c(Cl)cccc3Cl)[nH]c2c1. The Morgan fingerprint density at radius 3 is 2.63 bits per heavy atom. The Kier molecular flexibility index (Phi) is 5.37. The van der Waals surface area contributed by atoms with Gasteiger partial charge in [0, 0.05) is 28.6 Å². The van der Waals surface area contributed by atoms with Gasteiger partial charge in [0.1, 0.15) is 5.82 Å². The summed E-state index contributed by atoms with van der Waals surface area (Å²) >= 11 is 12.5. The van der Waals surface area contributed by atoms with E-state index in [0.29, 0.717) is 27.9 Å².